The van der Waals surface area contributed by atoms with E-state index in [-0.39, 0.29) is 0 Å². The molecule has 2 unspecified atom stereocenters. The van der Waals surface area contributed by atoms with Gasteiger partial charge in [0.1, 0.15) is 11.5 Å². The lowest BCUT2D eigenvalue weighted by Crippen LogP contribution is -2.33. The SMILES string of the molecule is CCCCCCCCCCCCC(OCC)=C(OCC)C(OCc1ccccc1)OC(OCc1ccccc1)C(OCC)=C(CCCCCCCCCCCC)OCC. The molecule has 0 aliphatic rings. The molecule has 7 heteroatoms. The molecule has 0 amide bonds. The summed E-state index contributed by atoms with van der Waals surface area (Å²) in [5, 5.41) is 0. The topological polar surface area (TPSA) is 64.6 Å². The zero-order valence-corrected chi connectivity index (χ0v) is 38.6. The van der Waals surface area contributed by atoms with Crippen LogP contribution in [0.3, 0.4) is 0 Å². The molecule has 0 spiro atoms. The Labute approximate surface area is 362 Å². The highest BCUT2D eigenvalue weighted by Crippen LogP contribution is 2.29. The molecule has 0 radical (unpaired) electrons. The molecule has 59 heavy (non-hydrogen) atoms. The van der Waals surface area contributed by atoms with Crippen LogP contribution in [-0.2, 0) is 46.4 Å². The van der Waals surface area contributed by atoms with Gasteiger partial charge in [-0.1, -0.05) is 190 Å². The molecule has 0 bridgehead atoms. The van der Waals surface area contributed by atoms with Crippen molar-refractivity contribution in [1.29, 1.82) is 0 Å². The summed E-state index contributed by atoms with van der Waals surface area (Å²) in [5.41, 5.74) is 2.06. The van der Waals surface area contributed by atoms with Gasteiger partial charge in [0, 0.05) is 12.8 Å². The second-order valence-electron chi connectivity index (χ2n) is 15.6. The summed E-state index contributed by atoms with van der Waals surface area (Å²) >= 11 is 0. The minimum Gasteiger partial charge on any atom is -0.495 e. The molecule has 0 saturated carbocycles. The van der Waals surface area contributed by atoms with Crippen LogP contribution >= 0.6 is 0 Å². The number of rotatable bonds is 40. The Morgan fingerprint density at radius 3 is 0.983 bits per heavy atom. The predicted molar refractivity (Wildman–Crippen MR) is 245 cm³/mol. The summed E-state index contributed by atoms with van der Waals surface area (Å²) in [5.74, 6) is 2.65. The maximum absolute atomic E-state index is 7.01. The summed E-state index contributed by atoms with van der Waals surface area (Å²) in [6.07, 6.45) is 24.9. The molecule has 0 fully saturated rings. The third-order valence-electron chi connectivity index (χ3n) is 10.5. The van der Waals surface area contributed by atoms with E-state index in [0.717, 1.165) is 61.2 Å². The number of unbranched alkanes of at least 4 members (excludes halogenated alkanes) is 18. The quantitative estimate of drug-likeness (QED) is 0.0377. The van der Waals surface area contributed by atoms with Gasteiger partial charge in [-0.05, 0) is 51.7 Å². The maximum Gasteiger partial charge on any atom is 0.223 e. The highest BCUT2D eigenvalue weighted by molar-refractivity contribution is 5.15. The Hall–Kier alpha value is -3.00. The van der Waals surface area contributed by atoms with Gasteiger partial charge in [0.15, 0.2) is 11.5 Å². The van der Waals surface area contributed by atoms with E-state index in [0.29, 0.717) is 51.2 Å². The van der Waals surface area contributed by atoms with E-state index < -0.39 is 12.6 Å². The molecular weight excluding hydrogens is 737 g/mol. The van der Waals surface area contributed by atoms with Crippen LogP contribution in [0.25, 0.3) is 0 Å². The van der Waals surface area contributed by atoms with Crippen LogP contribution in [-0.4, -0.2) is 39.0 Å². The van der Waals surface area contributed by atoms with Gasteiger partial charge in [-0.3, -0.25) is 0 Å². The molecule has 7 nitrogen and oxygen atoms in total. The van der Waals surface area contributed by atoms with Crippen molar-refractivity contribution in [2.45, 2.75) is 209 Å². The average molecular weight is 823 g/mol. The van der Waals surface area contributed by atoms with E-state index in [1.54, 1.807) is 0 Å². The molecule has 0 heterocycles. The second-order valence-corrected chi connectivity index (χ2v) is 15.6. The van der Waals surface area contributed by atoms with Crippen LogP contribution in [0.5, 0.6) is 0 Å². The smallest absolute Gasteiger partial charge is 0.223 e. The first kappa shape index (κ1) is 52.1. The van der Waals surface area contributed by atoms with Crippen LogP contribution in [0.4, 0.5) is 0 Å². The summed E-state index contributed by atoms with van der Waals surface area (Å²) < 4.78 is 46.1. The molecule has 0 aliphatic heterocycles. The van der Waals surface area contributed by atoms with Crippen LogP contribution < -0.4 is 0 Å². The van der Waals surface area contributed by atoms with Crippen molar-refractivity contribution < 1.29 is 33.2 Å². The van der Waals surface area contributed by atoms with Crippen molar-refractivity contribution in [3.63, 3.8) is 0 Å². The van der Waals surface area contributed by atoms with Gasteiger partial charge in [-0.25, -0.2) is 0 Å². The first-order valence-electron chi connectivity index (χ1n) is 24.0. The van der Waals surface area contributed by atoms with Crippen LogP contribution in [0, 0.1) is 0 Å². The molecule has 0 N–H and O–H groups in total. The fraction of sp³-hybridized carbons (Fsp3) is 0.692. The van der Waals surface area contributed by atoms with Crippen molar-refractivity contribution in [2.75, 3.05) is 26.4 Å². The molecule has 2 aromatic rings. The number of ether oxygens (including phenoxy) is 7. The van der Waals surface area contributed by atoms with Gasteiger partial charge in [0.2, 0.25) is 12.6 Å². The van der Waals surface area contributed by atoms with Crippen LogP contribution in [0.2, 0.25) is 0 Å². The molecule has 2 rings (SSSR count). The molecule has 0 saturated heterocycles. The minimum atomic E-state index is -0.934. The Morgan fingerprint density at radius 2 is 0.678 bits per heavy atom. The highest BCUT2D eigenvalue weighted by atomic mass is 16.8. The molecule has 0 aromatic heterocycles. The number of hydrogen-bond acceptors (Lipinski definition) is 7. The molecule has 336 valence electrons. The fourth-order valence-electron chi connectivity index (χ4n) is 7.26. The van der Waals surface area contributed by atoms with E-state index in [1.165, 1.54) is 103 Å². The van der Waals surface area contributed by atoms with Crippen molar-refractivity contribution >= 4 is 0 Å². The van der Waals surface area contributed by atoms with Gasteiger partial charge >= 0.3 is 0 Å². The molecule has 2 aromatic carbocycles. The number of allylic oxidation sites excluding steroid dienone is 2. The minimum absolute atomic E-state index is 0.315. The lowest BCUT2D eigenvalue weighted by molar-refractivity contribution is -0.248. The van der Waals surface area contributed by atoms with Gasteiger partial charge in [0.25, 0.3) is 0 Å². The van der Waals surface area contributed by atoms with Gasteiger partial charge in [-0.15, -0.1) is 0 Å². The van der Waals surface area contributed by atoms with Crippen molar-refractivity contribution in [3.05, 3.63) is 94.8 Å². The Kier molecular flexibility index (Phi) is 32.5. The monoisotopic (exact) mass is 823 g/mol. The summed E-state index contributed by atoms with van der Waals surface area (Å²) in [7, 11) is 0. The Bertz CT molecular complexity index is 1200. The third kappa shape index (κ3) is 24.8. The van der Waals surface area contributed by atoms with Gasteiger partial charge in [0.05, 0.1) is 39.6 Å². The van der Waals surface area contributed by atoms with Crippen molar-refractivity contribution in [1.82, 2.24) is 0 Å². The lowest BCUT2D eigenvalue weighted by atomic mass is 10.1. The van der Waals surface area contributed by atoms with Crippen molar-refractivity contribution in [2.24, 2.45) is 0 Å². The summed E-state index contributed by atoms with van der Waals surface area (Å²) in [4.78, 5) is 0. The molecule has 2 atom stereocenters. The standard InChI is InChI=1S/C52H86O7/c1-7-13-15-17-19-21-23-25-27-35-41-47(53-9-3)49(55-11-5)51(57-43-45-37-31-29-32-38-45)59-52(58-44-46-39-33-30-34-40-46)50(56-12-6)48(54-10-4)42-36-28-26-24-22-20-18-16-14-8-2/h29-34,37-40,51-52H,7-28,35-36,41-44H2,1-6H3. The Morgan fingerprint density at radius 1 is 0.373 bits per heavy atom. The lowest BCUT2D eigenvalue weighted by Gasteiger charge is -2.30. The second kappa shape index (κ2) is 36.8. The summed E-state index contributed by atoms with van der Waals surface area (Å²) in [6.45, 7) is 15.1. The summed E-state index contributed by atoms with van der Waals surface area (Å²) in [6, 6.07) is 20.3. The molecular formula is C52H86O7. The van der Waals surface area contributed by atoms with Gasteiger partial charge < -0.3 is 33.2 Å². The van der Waals surface area contributed by atoms with E-state index >= 15 is 0 Å². The van der Waals surface area contributed by atoms with E-state index in [4.69, 9.17) is 33.2 Å². The first-order chi connectivity index (χ1) is 29.1. The van der Waals surface area contributed by atoms with Crippen LogP contribution in [0.15, 0.2) is 83.7 Å². The fourth-order valence-corrected chi connectivity index (χ4v) is 7.26. The maximum atomic E-state index is 7.01. The average Bonchev–Trinajstić information content (AvgIpc) is 3.26. The van der Waals surface area contributed by atoms with Crippen molar-refractivity contribution in [3.8, 4) is 0 Å². The van der Waals surface area contributed by atoms with Gasteiger partial charge in [-0.2, -0.15) is 0 Å². The normalized spacial score (nSPS) is 13.4. The van der Waals surface area contributed by atoms with E-state index in [9.17, 15) is 0 Å². The predicted octanol–water partition coefficient (Wildman–Crippen LogP) is 15.3. The van der Waals surface area contributed by atoms with E-state index in [2.05, 4.69) is 38.1 Å². The highest BCUT2D eigenvalue weighted by Gasteiger charge is 2.32. The zero-order valence-electron chi connectivity index (χ0n) is 38.6. The zero-order chi connectivity index (χ0) is 42.4. The van der Waals surface area contributed by atoms with Crippen LogP contribution in [0.1, 0.15) is 194 Å². The molecule has 0 aliphatic carbocycles. The number of hydrogen-bond donors (Lipinski definition) is 0. The Balaban J connectivity index is 2.42. The number of benzene rings is 2. The first-order valence-corrected chi connectivity index (χ1v) is 24.0. The van der Waals surface area contributed by atoms with E-state index in [1.807, 2.05) is 64.1 Å². The largest absolute Gasteiger partial charge is 0.495 e. The third-order valence-corrected chi connectivity index (χ3v) is 10.5.